The lowest BCUT2D eigenvalue weighted by Crippen LogP contribution is -2.26. The zero-order valence-electron chi connectivity index (χ0n) is 13.7. The minimum absolute atomic E-state index is 0.182. The number of amides is 2. The lowest BCUT2D eigenvalue weighted by atomic mass is 10.2. The summed E-state index contributed by atoms with van der Waals surface area (Å²) in [7, 11) is 0. The number of carbonyl (C=O) groups is 2. The van der Waals surface area contributed by atoms with Crippen LogP contribution >= 0.6 is 15.9 Å². The molecule has 2 aromatic heterocycles. The van der Waals surface area contributed by atoms with Crippen LogP contribution in [0.1, 0.15) is 26.6 Å². The largest absolute Gasteiger partial charge is 0.444 e. The van der Waals surface area contributed by atoms with Gasteiger partial charge in [0.2, 0.25) is 0 Å². The Labute approximate surface area is 158 Å². The SMILES string of the molecule is O=C(NCCc1ccccn1)c1cccc(NC(=O)c2ccc(Br)o2)c1. The second-order valence-electron chi connectivity index (χ2n) is 5.47. The standard InChI is InChI=1S/C19H16BrN3O3/c20-17-8-7-16(26-17)19(25)23-15-6-3-4-13(12-15)18(24)22-11-9-14-5-1-2-10-21-14/h1-8,10,12H,9,11H2,(H,22,24)(H,23,25). The minimum Gasteiger partial charge on any atom is -0.444 e. The van der Waals surface area contributed by atoms with Crippen molar-refractivity contribution >= 4 is 33.4 Å². The topological polar surface area (TPSA) is 84.2 Å². The number of halogens is 1. The van der Waals surface area contributed by atoms with Crippen LogP contribution in [0.3, 0.4) is 0 Å². The number of furan rings is 1. The summed E-state index contributed by atoms with van der Waals surface area (Å²) in [6.07, 6.45) is 2.37. The number of hydrogen-bond donors (Lipinski definition) is 2. The van der Waals surface area contributed by atoms with Crippen LogP contribution in [-0.2, 0) is 6.42 Å². The quantitative estimate of drug-likeness (QED) is 0.645. The Morgan fingerprint density at radius 2 is 1.92 bits per heavy atom. The second kappa shape index (κ2) is 8.44. The smallest absolute Gasteiger partial charge is 0.291 e. The van der Waals surface area contributed by atoms with Gasteiger partial charge in [-0.25, -0.2) is 0 Å². The average molecular weight is 414 g/mol. The van der Waals surface area contributed by atoms with Crippen molar-refractivity contribution in [1.82, 2.24) is 10.3 Å². The summed E-state index contributed by atoms with van der Waals surface area (Å²) in [6, 6.07) is 15.6. The molecule has 1 aromatic carbocycles. The molecule has 0 unspecified atom stereocenters. The highest BCUT2D eigenvalue weighted by Gasteiger charge is 2.12. The Balaban J connectivity index is 1.57. The molecule has 2 N–H and O–H groups in total. The van der Waals surface area contributed by atoms with Gasteiger partial charge in [0.05, 0.1) is 0 Å². The molecule has 2 heterocycles. The van der Waals surface area contributed by atoms with Gasteiger partial charge in [-0.15, -0.1) is 0 Å². The highest BCUT2D eigenvalue weighted by Crippen LogP contribution is 2.17. The number of rotatable bonds is 6. The molecule has 2 amide bonds. The molecule has 0 radical (unpaired) electrons. The molecule has 0 atom stereocenters. The molecule has 0 spiro atoms. The first-order chi connectivity index (χ1) is 12.6. The van der Waals surface area contributed by atoms with Crippen LogP contribution in [0.2, 0.25) is 0 Å². The molecule has 26 heavy (non-hydrogen) atoms. The van der Waals surface area contributed by atoms with Crippen LogP contribution in [0.25, 0.3) is 0 Å². The number of anilines is 1. The molecule has 0 fully saturated rings. The molecule has 132 valence electrons. The van der Waals surface area contributed by atoms with Crippen LogP contribution in [0, 0.1) is 0 Å². The van der Waals surface area contributed by atoms with Crippen molar-refractivity contribution in [1.29, 1.82) is 0 Å². The number of aromatic nitrogens is 1. The van der Waals surface area contributed by atoms with Crippen molar-refractivity contribution in [3.05, 3.63) is 82.5 Å². The van der Waals surface area contributed by atoms with Crippen LogP contribution < -0.4 is 10.6 Å². The third-order valence-electron chi connectivity index (χ3n) is 3.57. The summed E-state index contributed by atoms with van der Waals surface area (Å²) in [5.74, 6) is -0.414. The van der Waals surface area contributed by atoms with E-state index >= 15 is 0 Å². The van der Waals surface area contributed by atoms with Gasteiger partial charge in [-0.3, -0.25) is 14.6 Å². The monoisotopic (exact) mass is 413 g/mol. The van der Waals surface area contributed by atoms with E-state index in [2.05, 4.69) is 31.5 Å². The van der Waals surface area contributed by atoms with Gasteiger partial charge in [0.15, 0.2) is 10.4 Å². The van der Waals surface area contributed by atoms with Crippen LogP contribution in [-0.4, -0.2) is 23.3 Å². The predicted octanol–water partition coefficient (Wildman–Crippen LogP) is 3.66. The molecule has 7 heteroatoms. The number of carbonyl (C=O) groups excluding carboxylic acids is 2. The summed E-state index contributed by atoms with van der Waals surface area (Å²) in [6.45, 7) is 0.479. The van der Waals surface area contributed by atoms with E-state index < -0.39 is 0 Å². The lowest BCUT2D eigenvalue weighted by molar-refractivity contribution is 0.0952. The van der Waals surface area contributed by atoms with Crippen molar-refractivity contribution in [3.63, 3.8) is 0 Å². The maximum absolute atomic E-state index is 12.3. The molecule has 6 nitrogen and oxygen atoms in total. The van der Waals surface area contributed by atoms with Crippen LogP contribution in [0.5, 0.6) is 0 Å². The molecule has 0 saturated heterocycles. The van der Waals surface area contributed by atoms with Gasteiger partial charge in [0.1, 0.15) is 0 Å². The molecular formula is C19H16BrN3O3. The summed E-state index contributed by atoms with van der Waals surface area (Å²) in [4.78, 5) is 28.6. The highest BCUT2D eigenvalue weighted by molar-refractivity contribution is 9.10. The van der Waals surface area contributed by atoms with E-state index in [1.807, 2.05) is 18.2 Å². The fraction of sp³-hybridized carbons (Fsp3) is 0.105. The Hall–Kier alpha value is -2.93. The molecule has 3 rings (SSSR count). The molecule has 0 aliphatic rings. The van der Waals surface area contributed by atoms with E-state index in [0.717, 1.165) is 5.69 Å². The first-order valence-corrected chi connectivity index (χ1v) is 8.76. The van der Waals surface area contributed by atoms with Gasteiger partial charge >= 0.3 is 0 Å². The molecule has 0 aliphatic carbocycles. The lowest BCUT2D eigenvalue weighted by Gasteiger charge is -2.08. The van der Waals surface area contributed by atoms with Gasteiger partial charge in [0.25, 0.3) is 11.8 Å². The third-order valence-corrected chi connectivity index (χ3v) is 4.00. The van der Waals surface area contributed by atoms with Gasteiger partial charge < -0.3 is 15.1 Å². The summed E-state index contributed by atoms with van der Waals surface area (Å²) >= 11 is 3.15. The number of pyridine rings is 1. The molecule has 0 aliphatic heterocycles. The molecule has 0 saturated carbocycles. The third kappa shape index (κ3) is 4.80. The Morgan fingerprint density at radius 3 is 2.65 bits per heavy atom. The van der Waals surface area contributed by atoms with Gasteiger partial charge in [0, 0.05) is 36.1 Å². The van der Waals surface area contributed by atoms with E-state index in [1.165, 1.54) is 0 Å². The van der Waals surface area contributed by atoms with Crippen molar-refractivity contribution in [2.75, 3.05) is 11.9 Å². The Kier molecular flexibility index (Phi) is 5.80. The van der Waals surface area contributed by atoms with Crippen LogP contribution in [0.4, 0.5) is 5.69 Å². The maximum atomic E-state index is 12.3. The molecular weight excluding hydrogens is 398 g/mol. The van der Waals surface area contributed by atoms with Gasteiger partial charge in [-0.1, -0.05) is 12.1 Å². The normalized spacial score (nSPS) is 10.3. The van der Waals surface area contributed by atoms with E-state index in [9.17, 15) is 9.59 Å². The fourth-order valence-corrected chi connectivity index (χ4v) is 2.63. The second-order valence-corrected chi connectivity index (χ2v) is 6.25. The average Bonchev–Trinajstić information content (AvgIpc) is 3.09. The summed E-state index contributed by atoms with van der Waals surface area (Å²) in [5.41, 5.74) is 1.89. The highest BCUT2D eigenvalue weighted by atomic mass is 79.9. The van der Waals surface area contributed by atoms with Crippen molar-refractivity contribution in [2.24, 2.45) is 0 Å². The van der Waals surface area contributed by atoms with Crippen molar-refractivity contribution in [2.45, 2.75) is 6.42 Å². The Bertz CT molecular complexity index is 909. The zero-order chi connectivity index (χ0) is 18.4. The molecule has 3 aromatic rings. The number of nitrogens with zero attached hydrogens (tertiary/aromatic N) is 1. The predicted molar refractivity (Wildman–Crippen MR) is 101 cm³/mol. The summed E-state index contributed by atoms with van der Waals surface area (Å²) in [5, 5.41) is 5.55. The van der Waals surface area contributed by atoms with Gasteiger partial charge in [-0.2, -0.15) is 0 Å². The Morgan fingerprint density at radius 1 is 1.04 bits per heavy atom. The van der Waals surface area contributed by atoms with Crippen molar-refractivity contribution < 1.29 is 14.0 Å². The van der Waals surface area contributed by atoms with Gasteiger partial charge in [-0.05, 0) is 58.4 Å². The first-order valence-electron chi connectivity index (χ1n) is 7.97. The number of nitrogens with one attached hydrogen (secondary N) is 2. The zero-order valence-corrected chi connectivity index (χ0v) is 15.3. The number of hydrogen-bond acceptors (Lipinski definition) is 4. The molecule has 0 bridgehead atoms. The van der Waals surface area contributed by atoms with E-state index in [0.29, 0.717) is 28.9 Å². The van der Waals surface area contributed by atoms with Crippen LogP contribution in [0.15, 0.2) is 69.9 Å². The first kappa shape index (κ1) is 17.9. The van der Waals surface area contributed by atoms with Crippen molar-refractivity contribution in [3.8, 4) is 0 Å². The van der Waals surface area contributed by atoms with E-state index in [4.69, 9.17) is 4.42 Å². The minimum atomic E-state index is -0.386. The van der Waals surface area contributed by atoms with E-state index in [-0.39, 0.29) is 17.6 Å². The fourth-order valence-electron chi connectivity index (χ4n) is 2.32. The van der Waals surface area contributed by atoms with E-state index in [1.54, 1.807) is 42.6 Å². The number of benzene rings is 1. The maximum Gasteiger partial charge on any atom is 0.291 e. The summed E-state index contributed by atoms with van der Waals surface area (Å²) < 4.78 is 5.69.